The van der Waals surface area contributed by atoms with Gasteiger partial charge in [-0.15, -0.1) is 0 Å². The van der Waals surface area contributed by atoms with Crippen LogP contribution in [0.3, 0.4) is 0 Å². The van der Waals surface area contributed by atoms with Crippen LogP contribution in [0.5, 0.6) is 0 Å². The predicted molar refractivity (Wildman–Crippen MR) is 49.3 cm³/mol. The molecule has 0 unspecified atom stereocenters. The normalized spacial score (nSPS) is 11.3. The average Bonchev–Trinajstić information content (AvgIpc) is 2.17. The first kappa shape index (κ1) is 11.5. The molecule has 1 rings (SSSR count). The van der Waals surface area contributed by atoms with Gasteiger partial charge in [-0.3, -0.25) is 10.1 Å². The minimum absolute atomic E-state index is 0.559. The second-order valence-corrected chi connectivity index (χ2v) is 4.43. The summed E-state index contributed by atoms with van der Waals surface area (Å²) in [6.45, 7) is 0. The molecule has 1 aromatic carbocycles. The van der Waals surface area contributed by atoms with Crippen molar-refractivity contribution in [3.8, 4) is 0 Å². The van der Waals surface area contributed by atoms with E-state index in [1.165, 1.54) is 0 Å². The minimum Gasteiger partial charge on any atom is -0.258 e. The van der Waals surface area contributed by atoms with Crippen LogP contribution in [-0.4, -0.2) is 20.4 Å². The fraction of sp³-hybridized carbons (Fsp3) is 0.143. The fourth-order valence-corrected chi connectivity index (χ4v) is 1.85. The van der Waals surface area contributed by atoms with Crippen molar-refractivity contribution in [3.63, 3.8) is 0 Å². The van der Waals surface area contributed by atoms with Gasteiger partial charge in [0.05, 0.1) is 11.0 Å². The smallest absolute Gasteiger partial charge is 0.258 e. The Kier molecular flexibility index (Phi) is 3.01. The molecular weight excluding hydrogens is 227 g/mol. The minimum atomic E-state index is -3.95. The van der Waals surface area contributed by atoms with Gasteiger partial charge in [0, 0.05) is 0 Å². The molecule has 8 heteroatoms. The lowest BCUT2D eigenvalue weighted by Crippen LogP contribution is -2.19. The molecule has 0 heterocycles. The van der Waals surface area contributed by atoms with E-state index in [4.69, 9.17) is 0 Å². The molecule has 0 aliphatic carbocycles. The highest BCUT2D eigenvalue weighted by atomic mass is 32.2. The molecule has 6 nitrogen and oxygen atoms in total. The first-order chi connectivity index (χ1) is 6.88. The average molecular weight is 234 g/mol. The number of hydrogen-bond donors (Lipinski definition) is 1. The van der Waals surface area contributed by atoms with Gasteiger partial charge in [0.15, 0.2) is 4.90 Å². The van der Waals surface area contributed by atoms with Crippen LogP contribution in [-0.2, 0) is 10.0 Å². The van der Waals surface area contributed by atoms with Crippen molar-refractivity contribution in [1.29, 1.82) is 0 Å². The topological polar surface area (TPSA) is 89.3 Å². The standard InChI is InChI=1S/C7H7FN2O4S/c1-9-15(13,14)7-3-2-5(8)4-6(7)10(11)12/h2-4,9H,1H3. The molecule has 0 bridgehead atoms. The van der Waals surface area contributed by atoms with E-state index in [1.807, 2.05) is 4.72 Å². The molecule has 0 amide bonds. The first-order valence-corrected chi connectivity index (χ1v) is 5.24. The van der Waals surface area contributed by atoms with Crippen molar-refractivity contribution in [3.05, 3.63) is 34.1 Å². The van der Waals surface area contributed by atoms with Crippen LogP contribution < -0.4 is 4.72 Å². The maximum Gasteiger partial charge on any atom is 0.292 e. The number of rotatable bonds is 3. The number of nitro groups is 1. The van der Waals surface area contributed by atoms with Crippen molar-refractivity contribution in [2.75, 3.05) is 7.05 Å². The number of hydrogen-bond acceptors (Lipinski definition) is 4. The van der Waals surface area contributed by atoms with Crippen LogP contribution in [0.1, 0.15) is 0 Å². The molecule has 0 saturated heterocycles. The molecular formula is C7H7FN2O4S. The molecule has 0 saturated carbocycles. The van der Waals surface area contributed by atoms with Gasteiger partial charge in [-0.25, -0.2) is 17.5 Å². The van der Waals surface area contributed by atoms with Gasteiger partial charge in [-0.1, -0.05) is 0 Å². The zero-order valence-electron chi connectivity index (χ0n) is 7.60. The number of halogens is 1. The summed E-state index contributed by atoms with van der Waals surface area (Å²) in [7, 11) is -2.84. The highest BCUT2D eigenvalue weighted by Crippen LogP contribution is 2.23. The van der Waals surface area contributed by atoms with Crippen LogP contribution >= 0.6 is 0 Å². The summed E-state index contributed by atoms with van der Waals surface area (Å²) < 4.78 is 37.2. The van der Waals surface area contributed by atoms with Gasteiger partial charge in [-0.2, -0.15) is 0 Å². The molecule has 0 aromatic heterocycles. The summed E-state index contributed by atoms with van der Waals surface area (Å²) in [4.78, 5) is 8.97. The summed E-state index contributed by atoms with van der Waals surface area (Å²) in [5.74, 6) is -0.864. The van der Waals surface area contributed by atoms with Crippen LogP contribution in [0.15, 0.2) is 23.1 Å². The molecule has 1 aromatic rings. The molecule has 0 radical (unpaired) electrons. The largest absolute Gasteiger partial charge is 0.292 e. The summed E-state index contributed by atoms with van der Waals surface area (Å²) in [5.41, 5.74) is -0.788. The van der Waals surface area contributed by atoms with E-state index >= 15 is 0 Å². The maximum absolute atomic E-state index is 12.7. The van der Waals surface area contributed by atoms with E-state index in [0.29, 0.717) is 6.07 Å². The number of nitrogens with zero attached hydrogens (tertiary/aromatic N) is 1. The SMILES string of the molecule is CNS(=O)(=O)c1ccc(F)cc1[N+](=O)[O-]. The highest BCUT2D eigenvalue weighted by Gasteiger charge is 2.24. The number of benzene rings is 1. The van der Waals surface area contributed by atoms with Crippen molar-refractivity contribution < 1.29 is 17.7 Å². The zero-order valence-corrected chi connectivity index (χ0v) is 8.41. The predicted octanol–water partition coefficient (Wildman–Crippen LogP) is 0.642. The maximum atomic E-state index is 12.7. The van der Waals surface area contributed by atoms with Gasteiger partial charge < -0.3 is 0 Å². The summed E-state index contributed by atoms with van der Waals surface area (Å²) in [5, 5.41) is 10.5. The fourth-order valence-electron chi connectivity index (χ4n) is 0.970. The van der Waals surface area contributed by atoms with Crippen LogP contribution in [0.2, 0.25) is 0 Å². The van der Waals surface area contributed by atoms with Crippen molar-refractivity contribution in [1.82, 2.24) is 4.72 Å². The quantitative estimate of drug-likeness (QED) is 0.614. The van der Waals surface area contributed by atoms with Crippen LogP contribution in [0, 0.1) is 15.9 Å². The summed E-state index contributed by atoms with van der Waals surface area (Å²) >= 11 is 0. The number of nitrogens with one attached hydrogen (secondary N) is 1. The lowest BCUT2D eigenvalue weighted by Gasteiger charge is -2.02. The van der Waals surface area contributed by atoms with Crippen molar-refractivity contribution >= 4 is 15.7 Å². The van der Waals surface area contributed by atoms with Crippen LogP contribution in [0.4, 0.5) is 10.1 Å². The molecule has 0 aliphatic heterocycles. The Morgan fingerprint density at radius 1 is 1.47 bits per heavy atom. The third-order valence-electron chi connectivity index (χ3n) is 1.68. The van der Waals surface area contributed by atoms with E-state index in [2.05, 4.69) is 0 Å². The monoisotopic (exact) mass is 234 g/mol. The third kappa shape index (κ3) is 2.28. The molecule has 0 fully saturated rings. The Labute approximate surface area is 84.9 Å². The Balaban J connectivity index is 3.49. The second kappa shape index (κ2) is 3.91. The summed E-state index contributed by atoms with van der Waals surface area (Å²) in [6.07, 6.45) is 0. The van der Waals surface area contributed by atoms with Gasteiger partial charge >= 0.3 is 0 Å². The molecule has 1 N–H and O–H groups in total. The van der Waals surface area contributed by atoms with Crippen LogP contribution in [0.25, 0.3) is 0 Å². The third-order valence-corrected chi connectivity index (χ3v) is 3.14. The van der Waals surface area contributed by atoms with Gasteiger partial charge in [0.2, 0.25) is 10.0 Å². The Morgan fingerprint density at radius 3 is 2.53 bits per heavy atom. The first-order valence-electron chi connectivity index (χ1n) is 3.76. The Morgan fingerprint density at radius 2 is 2.07 bits per heavy atom. The van der Waals surface area contributed by atoms with E-state index in [9.17, 15) is 22.9 Å². The van der Waals surface area contributed by atoms with Crippen molar-refractivity contribution in [2.45, 2.75) is 4.90 Å². The van der Waals surface area contributed by atoms with Gasteiger partial charge in [-0.05, 0) is 19.2 Å². The van der Waals surface area contributed by atoms with E-state index in [-0.39, 0.29) is 0 Å². The summed E-state index contributed by atoms with van der Waals surface area (Å²) in [6, 6.07) is 2.25. The Bertz CT molecular complexity index is 500. The lowest BCUT2D eigenvalue weighted by atomic mass is 10.3. The van der Waals surface area contributed by atoms with E-state index in [0.717, 1.165) is 19.2 Å². The lowest BCUT2D eigenvalue weighted by molar-refractivity contribution is -0.388. The molecule has 0 spiro atoms. The number of nitro benzene ring substituents is 1. The molecule has 82 valence electrons. The van der Waals surface area contributed by atoms with E-state index in [1.54, 1.807) is 0 Å². The van der Waals surface area contributed by atoms with E-state index < -0.39 is 31.3 Å². The zero-order chi connectivity index (χ0) is 11.6. The Hall–Kier alpha value is -1.54. The van der Waals surface area contributed by atoms with Gasteiger partial charge in [0.1, 0.15) is 5.82 Å². The second-order valence-electron chi connectivity index (χ2n) is 2.58. The van der Waals surface area contributed by atoms with Gasteiger partial charge in [0.25, 0.3) is 5.69 Å². The highest BCUT2D eigenvalue weighted by molar-refractivity contribution is 7.89. The number of sulfonamides is 1. The molecule has 0 atom stereocenters. The van der Waals surface area contributed by atoms with Crippen molar-refractivity contribution in [2.24, 2.45) is 0 Å². The molecule has 15 heavy (non-hydrogen) atoms. The molecule has 0 aliphatic rings.